The zero-order chi connectivity index (χ0) is 24.1. The van der Waals surface area contributed by atoms with E-state index in [2.05, 4.69) is 10.3 Å². The summed E-state index contributed by atoms with van der Waals surface area (Å²) in [6.07, 6.45) is 0. The van der Waals surface area contributed by atoms with E-state index < -0.39 is 21.5 Å². The number of pyridine rings is 1. The first-order chi connectivity index (χ1) is 16.4. The molecule has 1 aromatic heterocycles. The summed E-state index contributed by atoms with van der Waals surface area (Å²) in [5.74, 6) is -0.463. The number of H-pyrrole nitrogens is 1. The van der Waals surface area contributed by atoms with E-state index >= 15 is 0 Å². The Morgan fingerprint density at radius 1 is 1.09 bits per heavy atom. The van der Waals surface area contributed by atoms with Crippen molar-refractivity contribution in [2.75, 3.05) is 32.9 Å². The number of rotatable bonds is 8. The molecule has 180 valence electrons. The summed E-state index contributed by atoms with van der Waals surface area (Å²) < 4.78 is 38.1. The number of hydrogen-bond acceptors (Lipinski definition) is 6. The molecule has 10 heteroatoms. The van der Waals surface area contributed by atoms with E-state index in [-0.39, 0.29) is 30.1 Å². The molecule has 2 aromatic carbocycles. The highest BCUT2D eigenvalue weighted by Gasteiger charge is 2.27. The van der Waals surface area contributed by atoms with Gasteiger partial charge in [0.05, 0.1) is 30.3 Å². The van der Waals surface area contributed by atoms with Crippen molar-refractivity contribution < 1.29 is 22.7 Å². The Bertz CT molecular complexity index is 1330. The molecule has 2 N–H and O–H groups in total. The van der Waals surface area contributed by atoms with E-state index in [1.165, 1.54) is 28.6 Å². The number of amides is 1. The van der Waals surface area contributed by atoms with Gasteiger partial charge >= 0.3 is 0 Å². The quantitative estimate of drug-likeness (QED) is 0.504. The lowest BCUT2D eigenvalue weighted by Gasteiger charge is -2.26. The molecule has 34 heavy (non-hydrogen) atoms. The van der Waals surface area contributed by atoms with Crippen LogP contribution < -0.4 is 10.9 Å². The molecule has 0 bridgehead atoms. The van der Waals surface area contributed by atoms with E-state index in [1.807, 2.05) is 31.2 Å². The van der Waals surface area contributed by atoms with Crippen LogP contribution in [0.2, 0.25) is 0 Å². The third-order valence-electron chi connectivity index (χ3n) is 5.62. The molecular weight excluding hydrogens is 458 g/mol. The molecule has 0 atom stereocenters. The molecule has 1 fully saturated rings. The van der Waals surface area contributed by atoms with Crippen LogP contribution in [-0.4, -0.2) is 56.5 Å². The minimum absolute atomic E-state index is 0.0629. The van der Waals surface area contributed by atoms with Gasteiger partial charge in [0, 0.05) is 43.2 Å². The number of aromatic amines is 1. The van der Waals surface area contributed by atoms with Crippen LogP contribution in [0.4, 0.5) is 0 Å². The lowest BCUT2D eigenvalue weighted by molar-refractivity contribution is 0.0730. The first-order valence-electron chi connectivity index (χ1n) is 11.1. The number of benzene rings is 2. The number of carbonyl (C=O) groups excluding carboxylic acids is 1. The molecule has 2 heterocycles. The number of nitrogens with zero attached hydrogens (tertiary/aromatic N) is 1. The number of carbonyl (C=O) groups is 1. The molecule has 0 aliphatic carbocycles. The first-order valence-corrected chi connectivity index (χ1v) is 12.5. The molecular formula is C24H27N3O6S. The number of morpholine rings is 1. The zero-order valence-electron chi connectivity index (χ0n) is 18.9. The van der Waals surface area contributed by atoms with Crippen molar-refractivity contribution in [1.29, 1.82) is 0 Å². The molecule has 0 spiro atoms. The average molecular weight is 486 g/mol. The minimum Gasteiger partial charge on any atom is -0.379 e. The second kappa shape index (κ2) is 10.5. The predicted molar refractivity (Wildman–Crippen MR) is 127 cm³/mol. The van der Waals surface area contributed by atoms with E-state index in [0.717, 1.165) is 11.1 Å². The maximum atomic E-state index is 13.1. The van der Waals surface area contributed by atoms with Gasteiger partial charge in [0.25, 0.3) is 5.91 Å². The Morgan fingerprint density at radius 3 is 2.50 bits per heavy atom. The lowest BCUT2D eigenvalue weighted by atomic mass is 10.1. The van der Waals surface area contributed by atoms with Crippen LogP contribution in [0.5, 0.6) is 0 Å². The largest absolute Gasteiger partial charge is 0.379 e. The molecule has 3 aromatic rings. The molecule has 9 nitrogen and oxygen atoms in total. The maximum Gasteiger partial charge on any atom is 0.252 e. The number of aromatic nitrogens is 1. The normalized spacial score (nSPS) is 14.9. The fourth-order valence-corrected chi connectivity index (χ4v) is 5.20. The summed E-state index contributed by atoms with van der Waals surface area (Å²) in [5.41, 5.74) is 1.98. The van der Waals surface area contributed by atoms with Crippen molar-refractivity contribution in [3.05, 3.63) is 75.6 Å². The van der Waals surface area contributed by atoms with Gasteiger partial charge in [0.2, 0.25) is 15.6 Å². The predicted octanol–water partition coefficient (Wildman–Crippen LogP) is 2.02. The van der Waals surface area contributed by atoms with E-state index in [1.54, 1.807) is 0 Å². The molecule has 0 saturated carbocycles. The number of fused-ring (bicyclic) bond motifs is 1. The van der Waals surface area contributed by atoms with Gasteiger partial charge in [-0.3, -0.25) is 9.59 Å². The van der Waals surface area contributed by atoms with Crippen molar-refractivity contribution >= 4 is 26.8 Å². The lowest BCUT2D eigenvalue weighted by Crippen LogP contribution is -2.40. The highest BCUT2D eigenvalue weighted by atomic mass is 32.2. The number of nitrogens with one attached hydrogen (secondary N) is 2. The topological polar surface area (TPSA) is 118 Å². The second-order valence-electron chi connectivity index (χ2n) is 7.91. The smallest absolute Gasteiger partial charge is 0.252 e. The third-order valence-corrected chi connectivity index (χ3v) is 7.51. The molecule has 4 rings (SSSR count). The second-order valence-corrected chi connectivity index (χ2v) is 9.85. The van der Waals surface area contributed by atoms with Gasteiger partial charge < -0.3 is 19.8 Å². The van der Waals surface area contributed by atoms with E-state index in [0.29, 0.717) is 37.3 Å². The molecule has 1 aliphatic heterocycles. The van der Waals surface area contributed by atoms with Crippen LogP contribution in [-0.2, 0) is 32.6 Å². The van der Waals surface area contributed by atoms with Gasteiger partial charge in [0.15, 0.2) is 0 Å². The fourth-order valence-electron chi connectivity index (χ4n) is 3.77. The Balaban J connectivity index is 1.58. The Kier molecular flexibility index (Phi) is 7.42. The molecule has 1 saturated heterocycles. The van der Waals surface area contributed by atoms with Crippen molar-refractivity contribution in [2.24, 2.45) is 0 Å². The average Bonchev–Trinajstić information content (AvgIpc) is 2.86. The van der Waals surface area contributed by atoms with Crippen LogP contribution >= 0.6 is 0 Å². The first kappa shape index (κ1) is 24.1. The Morgan fingerprint density at radius 2 is 1.79 bits per heavy atom. The summed E-state index contributed by atoms with van der Waals surface area (Å²) in [4.78, 5) is 27.9. The summed E-state index contributed by atoms with van der Waals surface area (Å²) in [5, 5.41) is 3.18. The molecule has 0 radical (unpaired) electrons. The van der Waals surface area contributed by atoms with Gasteiger partial charge in [-0.2, -0.15) is 4.31 Å². The van der Waals surface area contributed by atoms with Gasteiger partial charge in [-0.15, -0.1) is 0 Å². The fraction of sp³-hybridized carbons (Fsp3) is 0.333. The maximum absolute atomic E-state index is 13.1. The number of hydrogen-bond donors (Lipinski definition) is 2. The van der Waals surface area contributed by atoms with Crippen LogP contribution in [0.1, 0.15) is 28.4 Å². The summed E-state index contributed by atoms with van der Waals surface area (Å²) in [6.45, 7) is 4.55. The molecule has 1 aliphatic rings. The van der Waals surface area contributed by atoms with E-state index in [4.69, 9.17) is 9.47 Å². The highest BCUT2D eigenvalue weighted by Crippen LogP contribution is 2.23. The van der Waals surface area contributed by atoms with Gasteiger partial charge in [-0.1, -0.05) is 24.3 Å². The summed E-state index contributed by atoms with van der Waals surface area (Å²) in [7, 11) is -3.75. The summed E-state index contributed by atoms with van der Waals surface area (Å²) in [6, 6.07) is 13.2. The van der Waals surface area contributed by atoms with Crippen LogP contribution in [0.25, 0.3) is 10.9 Å². The van der Waals surface area contributed by atoms with Gasteiger partial charge in [0.1, 0.15) is 0 Å². The third kappa shape index (κ3) is 5.36. The zero-order valence-corrected chi connectivity index (χ0v) is 19.7. The van der Waals surface area contributed by atoms with Crippen molar-refractivity contribution in [1.82, 2.24) is 14.6 Å². The van der Waals surface area contributed by atoms with Crippen molar-refractivity contribution in [3.8, 4) is 0 Å². The molecule has 1 amide bonds. The van der Waals surface area contributed by atoms with Gasteiger partial charge in [-0.25, -0.2) is 8.42 Å². The Labute approximate surface area is 197 Å². The van der Waals surface area contributed by atoms with Crippen LogP contribution in [0.3, 0.4) is 0 Å². The van der Waals surface area contributed by atoms with Crippen molar-refractivity contribution in [2.45, 2.75) is 25.0 Å². The number of ether oxygens (including phenoxy) is 2. The monoisotopic (exact) mass is 485 g/mol. The Hall–Kier alpha value is -3.05. The minimum atomic E-state index is -3.75. The SMILES string of the molecule is CCOCc1ccc(CNC(=O)c2cc(=O)[nH]c3ccc(S(=O)(=O)N4CCOCC4)cc23)cc1. The summed E-state index contributed by atoms with van der Waals surface area (Å²) >= 11 is 0. The van der Waals surface area contributed by atoms with Crippen molar-refractivity contribution in [3.63, 3.8) is 0 Å². The van der Waals surface area contributed by atoms with Crippen LogP contribution in [0, 0.1) is 0 Å². The van der Waals surface area contributed by atoms with Crippen LogP contribution in [0.15, 0.2) is 58.2 Å². The standard InChI is InChI=1S/C24H27N3O6S/c1-2-32-16-18-5-3-17(4-6-18)15-25-24(29)21-14-23(28)26-22-8-7-19(13-20(21)22)34(30,31)27-9-11-33-12-10-27/h3-8,13-14H,2,9-12,15-16H2,1H3,(H,25,29)(H,26,28). The highest BCUT2D eigenvalue weighted by molar-refractivity contribution is 7.89. The van der Waals surface area contributed by atoms with E-state index in [9.17, 15) is 18.0 Å². The number of sulfonamides is 1. The molecule has 0 unspecified atom stereocenters. The van der Waals surface area contributed by atoms with Gasteiger partial charge in [-0.05, 0) is 36.2 Å².